The highest BCUT2D eigenvalue weighted by Crippen LogP contribution is 2.19. The number of nitrogens with two attached hydrogens (primary N) is 1. The first-order valence-electron chi connectivity index (χ1n) is 7.20. The lowest BCUT2D eigenvalue weighted by molar-refractivity contribution is -0.123. The Morgan fingerprint density at radius 3 is 2.30 bits per heavy atom. The average molecular weight is 324 g/mol. The van der Waals surface area contributed by atoms with Gasteiger partial charge in [-0.15, -0.1) is 0 Å². The van der Waals surface area contributed by atoms with Crippen LogP contribution in [-0.2, 0) is 20.9 Å². The maximum absolute atomic E-state index is 11.5. The smallest absolute Gasteiger partial charge is 0.234 e. The zero-order valence-electron chi connectivity index (χ0n) is 14.5. The van der Waals surface area contributed by atoms with Gasteiger partial charge in [-0.2, -0.15) is 0 Å². The van der Waals surface area contributed by atoms with Gasteiger partial charge in [0, 0.05) is 6.54 Å². The number of hydrogen-bond acceptors (Lipinski definition) is 5. The minimum atomic E-state index is -0.259. The van der Waals surface area contributed by atoms with Crippen molar-refractivity contribution in [3.63, 3.8) is 0 Å². The van der Waals surface area contributed by atoms with Crippen LogP contribution in [0.5, 0.6) is 5.75 Å². The first-order chi connectivity index (χ1) is 11.0. The van der Waals surface area contributed by atoms with Crippen LogP contribution >= 0.6 is 0 Å². The number of carbonyl (C=O) groups excluding carboxylic acids is 3. The molecule has 0 saturated heterocycles. The minimum absolute atomic E-state index is 0.212. The molecule has 1 aromatic rings. The van der Waals surface area contributed by atoms with Crippen molar-refractivity contribution in [1.29, 1.82) is 0 Å². The normalized spacial score (nSPS) is 10.7. The fourth-order valence-electron chi connectivity index (χ4n) is 2.18. The lowest BCUT2D eigenvalue weighted by Gasteiger charge is -2.26. The Bertz CT molecular complexity index is 464. The number of rotatable bonds is 7. The standard InChI is InChI=1S/C15H24N2O2.2CH2O/c1-5-6-14(15(16)18)17(3)10-12-9-13(19-4)8-7-11(12)2;2*1-2/h7-9,14H,5-6,10H2,1-4H3,(H2,16,18);2*1H2. The van der Waals surface area contributed by atoms with Gasteiger partial charge in [-0.05, 0) is 43.7 Å². The number of hydrogen-bond donors (Lipinski definition) is 1. The van der Waals surface area contributed by atoms with Crippen molar-refractivity contribution in [2.75, 3.05) is 14.2 Å². The lowest BCUT2D eigenvalue weighted by Crippen LogP contribution is -2.42. The fourth-order valence-corrected chi connectivity index (χ4v) is 2.18. The second-order valence-corrected chi connectivity index (χ2v) is 4.91. The molecule has 0 spiro atoms. The van der Waals surface area contributed by atoms with E-state index in [1.165, 1.54) is 5.56 Å². The first kappa shape index (κ1) is 23.1. The van der Waals surface area contributed by atoms with Gasteiger partial charge in [-0.25, -0.2) is 0 Å². The highest BCUT2D eigenvalue weighted by Gasteiger charge is 2.20. The van der Waals surface area contributed by atoms with E-state index in [2.05, 4.69) is 13.8 Å². The van der Waals surface area contributed by atoms with Crippen molar-refractivity contribution in [2.45, 2.75) is 39.3 Å². The average Bonchev–Trinajstić information content (AvgIpc) is 2.57. The monoisotopic (exact) mass is 324 g/mol. The summed E-state index contributed by atoms with van der Waals surface area (Å²) in [5.41, 5.74) is 7.81. The molecule has 0 aliphatic rings. The lowest BCUT2D eigenvalue weighted by atomic mass is 10.1. The topological polar surface area (TPSA) is 89.7 Å². The fraction of sp³-hybridized carbons (Fsp3) is 0.471. The molecule has 1 rings (SSSR count). The number of amides is 1. The summed E-state index contributed by atoms with van der Waals surface area (Å²) >= 11 is 0. The molecule has 1 aromatic carbocycles. The van der Waals surface area contributed by atoms with Crippen molar-refractivity contribution in [1.82, 2.24) is 4.90 Å². The first-order valence-corrected chi connectivity index (χ1v) is 7.20. The third-order valence-corrected chi connectivity index (χ3v) is 3.40. The molecule has 0 aliphatic carbocycles. The van der Waals surface area contributed by atoms with Gasteiger partial charge in [0.2, 0.25) is 5.91 Å². The minimum Gasteiger partial charge on any atom is -0.497 e. The molecule has 0 fully saturated rings. The van der Waals surface area contributed by atoms with E-state index >= 15 is 0 Å². The molecule has 1 amide bonds. The molecule has 0 radical (unpaired) electrons. The van der Waals surface area contributed by atoms with Crippen LogP contribution in [-0.4, -0.2) is 44.6 Å². The largest absolute Gasteiger partial charge is 0.497 e. The van der Waals surface area contributed by atoms with Crippen LogP contribution in [0, 0.1) is 6.92 Å². The van der Waals surface area contributed by atoms with Gasteiger partial charge >= 0.3 is 0 Å². The maximum atomic E-state index is 11.5. The van der Waals surface area contributed by atoms with Crippen LogP contribution in [0.2, 0.25) is 0 Å². The molecular weight excluding hydrogens is 296 g/mol. The zero-order chi connectivity index (χ0) is 18.4. The summed E-state index contributed by atoms with van der Waals surface area (Å²) in [4.78, 5) is 29.5. The number of ether oxygens (including phenoxy) is 1. The second kappa shape index (κ2) is 13.5. The highest BCUT2D eigenvalue weighted by molar-refractivity contribution is 5.79. The Morgan fingerprint density at radius 1 is 1.30 bits per heavy atom. The van der Waals surface area contributed by atoms with E-state index in [1.54, 1.807) is 7.11 Å². The molecule has 1 atom stereocenters. The van der Waals surface area contributed by atoms with E-state index in [4.69, 9.17) is 20.1 Å². The number of primary amides is 1. The summed E-state index contributed by atoms with van der Waals surface area (Å²) in [6.45, 7) is 8.80. The number of benzene rings is 1. The molecule has 1 unspecified atom stereocenters. The quantitative estimate of drug-likeness (QED) is 0.825. The summed E-state index contributed by atoms with van der Waals surface area (Å²) in [5.74, 6) is 0.574. The van der Waals surface area contributed by atoms with Crippen molar-refractivity contribution in [2.24, 2.45) is 5.73 Å². The van der Waals surface area contributed by atoms with Gasteiger partial charge in [-0.1, -0.05) is 19.4 Å². The predicted molar refractivity (Wildman–Crippen MR) is 91.3 cm³/mol. The molecule has 6 heteroatoms. The third-order valence-electron chi connectivity index (χ3n) is 3.40. The highest BCUT2D eigenvalue weighted by atomic mass is 16.5. The van der Waals surface area contributed by atoms with Crippen LogP contribution in [0.15, 0.2) is 18.2 Å². The van der Waals surface area contributed by atoms with Crippen molar-refractivity contribution >= 4 is 19.5 Å². The van der Waals surface area contributed by atoms with Crippen LogP contribution < -0.4 is 10.5 Å². The molecule has 0 aliphatic heterocycles. The van der Waals surface area contributed by atoms with Crippen LogP contribution in [0.4, 0.5) is 0 Å². The predicted octanol–water partition coefficient (Wildman–Crippen LogP) is 1.72. The summed E-state index contributed by atoms with van der Waals surface area (Å²) in [6.07, 6.45) is 1.73. The van der Waals surface area contributed by atoms with E-state index in [0.717, 1.165) is 24.2 Å². The number of aryl methyl sites for hydroxylation is 1. The van der Waals surface area contributed by atoms with E-state index in [1.807, 2.05) is 43.7 Å². The zero-order valence-corrected chi connectivity index (χ0v) is 14.5. The molecule has 23 heavy (non-hydrogen) atoms. The molecular formula is C17H28N2O4. The van der Waals surface area contributed by atoms with Gasteiger partial charge in [-0.3, -0.25) is 9.69 Å². The van der Waals surface area contributed by atoms with Crippen molar-refractivity contribution in [3.8, 4) is 5.75 Å². The van der Waals surface area contributed by atoms with Crippen molar-refractivity contribution in [3.05, 3.63) is 29.3 Å². The van der Waals surface area contributed by atoms with Crippen LogP contribution in [0.25, 0.3) is 0 Å². The molecule has 0 heterocycles. The van der Waals surface area contributed by atoms with Gasteiger partial charge in [0.15, 0.2) is 0 Å². The van der Waals surface area contributed by atoms with Crippen LogP contribution in [0.1, 0.15) is 30.9 Å². The van der Waals surface area contributed by atoms with E-state index < -0.39 is 0 Å². The Hall–Kier alpha value is -2.21. The van der Waals surface area contributed by atoms with Gasteiger partial charge in [0.05, 0.1) is 13.2 Å². The number of methoxy groups -OCH3 is 1. The summed E-state index contributed by atoms with van der Waals surface area (Å²) in [6, 6.07) is 5.77. The molecule has 0 bridgehead atoms. The van der Waals surface area contributed by atoms with E-state index in [0.29, 0.717) is 6.54 Å². The molecule has 130 valence electrons. The summed E-state index contributed by atoms with van der Waals surface area (Å²) in [7, 11) is 3.59. The Morgan fingerprint density at radius 2 is 1.87 bits per heavy atom. The molecule has 2 N–H and O–H groups in total. The number of carbonyl (C=O) groups is 3. The SMILES string of the molecule is C=O.C=O.CCCC(C(N)=O)N(C)Cc1cc(OC)ccc1C. The van der Waals surface area contributed by atoms with E-state index in [-0.39, 0.29) is 11.9 Å². The molecule has 0 aromatic heterocycles. The molecule has 0 saturated carbocycles. The Labute approximate surface area is 138 Å². The maximum Gasteiger partial charge on any atom is 0.234 e. The van der Waals surface area contributed by atoms with Gasteiger partial charge < -0.3 is 20.1 Å². The Balaban J connectivity index is 0. The second-order valence-electron chi connectivity index (χ2n) is 4.91. The van der Waals surface area contributed by atoms with E-state index in [9.17, 15) is 4.79 Å². The number of nitrogens with zero attached hydrogens (tertiary/aromatic N) is 1. The van der Waals surface area contributed by atoms with Gasteiger partial charge in [0.25, 0.3) is 0 Å². The van der Waals surface area contributed by atoms with Crippen molar-refractivity contribution < 1.29 is 19.1 Å². The third kappa shape index (κ3) is 8.11. The molecule has 6 nitrogen and oxygen atoms in total. The summed E-state index contributed by atoms with van der Waals surface area (Å²) in [5, 5.41) is 0. The van der Waals surface area contributed by atoms with Gasteiger partial charge in [0.1, 0.15) is 19.3 Å². The Kier molecular flexibility index (Phi) is 13.5. The van der Waals surface area contributed by atoms with Crippen LogP contribution in [0.3, 0.4) is 0 Å². The summed E-state index contributed by atoms with van der Waals surface area (Å²) < 4.78 is 5.24. The number of likely N-dealkylation sites (N-methyl/N-ethyl adjacent to an activating group) is 1.